The zero-order valence-electron chi connectivity index (χ0n) is 14.1. The molecule has 9 heteroatoms. The molecule has 25 heavy (non-hydrogen) atoms. The van der Waals surface area contributed by atoms with E-state index in [2.05, 4.69) is 35.3 Å². The minimum Gasteiger partial charge on any atom is -0.356 e. The largest absolute Gasteiger partial charge is 0.356 e. The first-order valence-corrected chi connectivity index (χ1v) is 8.19. The third-order valence-electron chi connectivity index (χ3n) is 4.15. The maximum atomic E-state index is 12.5. The molecule has 3 aromatic heterocycles. The highest BCUT2D eigenvalue weighted by atomic mass is 16.2. The molecule has 0 atom stereocenters. The topological polar surface area (TPSA) is 101 Å². The van der Waals surface area contributed by atoms with Crippen LogP contribution in [0.25, 0.3) is 5.78 Å². The van der Waals surface area contributed by atoms with E-state index in [0.717, 1.165) is 43.1 Å². The molecule has 1 fully saturated rings. The molecule has 4 heterocycles. The Morgan fingerprint density at radius 2 is 1.92 bits per heavy atom. The number of aromatic nitrogens is 6. The molecule has 1 aliphatic heterocycles. The lowest BCUT2D eigenvalue weighted by atomic mass is 10.4. The molecule has 1 amide bonds. The van der Waals surface area contributed by atoms with E-state index in [1.807, 2.05) is 19.9 Å². The van der Waals surface area contributed by atoms with Crippen molar-refractivity contribution in [2.45, 2.75) is 26.7 Å². The minimum atomic E-state index is -0.423. The van der Waals surface area contributed by atoms with Crippen molar-refractivity contribution in [1.29, 1.82) is 0 Å². The van der Waals surface area contributed by atoms with Gasteiger partial charge in [-0.15, -0.1) is 5.10 Å². The van der Waals surface area contributed by atoms with Crippen molar-refractivity contribution in [3.05, 3.63) is 35.7 Å². The lowest BCUT2D eigenvalue weighted by molar-refractivity contribution is 0.101. The second-order valence-corrected chi connectivity index (χ2v) is 6.10. The van der Waals surface area contributed by atoms with Gasteiger partial charge in [0.1, 0.15) is 18.0 Å². The first kappa shape index (κ1) is 15.4. The Hall–Kier alpha value is -3.10. The van der Waals surface area contributed by atoms with Crippen LogP contribution in [0.2, 0.25) is 0 Å². The second kappa shape index (κ2) is 6.08. The maximum absolute atomic E-state index is 12.5. The Bertz CT molecular complexity index is 944. The fraction of sp³-hybridized carbons (Fsp3) is 0.375. The molecular weight excluding hydrogens is 320 g/mol. The fourth-order valence-corrected chi connectivity index (χ4v) is 2.97. The third-order valence-corrected chi connectivity index (χ3v) is 4.15. The van der Waals surface area contributed by atoms with Gasteiger partial charge in [0.15, 0.2) is 0 Å². The summed E-state index contributed by atoms with van der Waals surface area (Å²) >= 11 is 0. The molecule has 0 bridgehead atoms. The summed E-state index contributed by atoms with van der Waals surface area (Å²) in [6.07, 6.45) is 3.76. The van der Waals surface area contributed by atoms with Crippen LogP contribution in [0.4, 0.5) is 11.6 Å². The molecule has 0 unspecified atom stereocenters. The van der Waals surface area contributed by atoms with E-state index in [-0.39, 0.29) is 5.82 Å². The number of nitrogens with zero attached hydrogens (tertiary/aromatic N) is 7. The third kappa shape index (κ3) is 3.00. The number of carbonyl (C=O) groups excluding carboxylic acids is 1. The van der Waals surface area contributed by atoms with E-state index in [0.29, 0.717) is 11.6 Å². The first-order chi connectivity index (χ1) is 12.1. The van der Waals surface area contributed by atoms with Crippen LogP contribution in [0, 0.1) is 13.8 Å². The lowest BCUT2D eigenvalue weighted by Crippen LogP contribution is -2.20. The van der Waals surface area contributed by atoms with Crippen molar-refractivity contribution in [3.63, 3.8) is 0 Å². The van der Waals surface area contributed by atoms with Crippen molar-refractivity contribution in [1.82, 2.24) is 29.5 Å². The summed E-state index contributed by atoms with van der Waals surface area (Å²) in [7, 11) is 0. The van der Waals surface area contributed by atoms with Crippen LogP contribution in [0.15, 0.2) is 18.5 Å². The molecule has 1 N–H and O–H groups in total. The zero-order valence-corrected chi connectivity index (χ0v) is 14.1. The van der Waals surface area contributed by atoms with E-state index in [9.17, 15) is 4.79 Å². The number of anilines is 2. The Morgan fingerprint density at radius 1 is 1.12 bits per heavy atom. The molecule has 0 saturated carbocycles. The summed E-state index contributed by atoms with van der Waals surface area (Å²) in [5, 5.41) is 6.96. The average molecular weight is 338 g/mol. The smallest absolute Gasteiger partial charge is 0.296 e. The van der Waals surface area contributed by atoms with Gasteiger partial charge in [-0.3, -0.25) is 4.79 Å². The Morgan fingerprint density at radius 3 is 2.72 bits per heavy atom. The number of aryl methyl sites for hydroxylation is 2. The standard InChI is InChI=1S/C16H18N8O/c1-10-7-11(2)24-16(19-10)21-14(22-24)15(25)20-12-8-13(18-9-17-12)23-5-3-4-6-23/h7-9H,3-6H2,1-2H3,(H,17,18,20,25). The number of hydrogen-bond acceptors (Lipinski definition) is 7. The van der Waals surface area contributed by atoms with Crippen LogP contribution in [0.3, 0.4) is 0 Å². The summed E-state index contributed by atoms with van der Waals surface area (Å²) in [4.78, 5) is 31.5. The van der Waals surface area contributed by atoms with E-state index in [1.165, 1.54) is 6.33 Å². The quantitative estimate of drug-likeness (QED) is 0.770. The van der Waals surface area contributed by atoms with Crippen molar-refractivity contribution < 1.29 is 4.79 Å². The molecule has 128 valence electrons. The van der Waals surface area contributed by atoms with Crippen molar-refractivity contribution >= 4 is 23.3 Å². The predicted molar refractivity (Wildman–Crippen MR) is 91.7 cm³/mol. The highest BCUT2D eigenvalue weighted by molar-refractivity contribution is 6.01. The molecule has 4 rings (SSSR count). The van der Waals surface area contributed by atoms with Crippen LogP contribution in [0.1, 0.15) is 34.8 Å². The van der Waals surface area contributed by atoms with Gasteiger partial charge in [-0.05, 0) is 32.8 Å². The number of hydrogen-bond donors (Lipinski definition) is 1. The molecular formula is C16H18N8O. The summed E-state index contributed by atoms with van der Waals surface area (Å²) in [6.45, 7) is 5.72. The average Bonchev–Trinajstić information content (AvgIpc) is 3.24. The van der Waals surface area contributed by atoms with Crippen LogP contribution in [0.5, 0.6) is 0 Å². The number of nitrogens with one attached hydrogen (secondary N) is 1. The van der Waals surface area contributed by atoms with Gasteiger partial charge in [-0.25, -0.2) is 19.5 Å². The molecule has 9 nitrogen and oxygen atoms in total. The van der Waals surface area contributed by atoms with Crippen LogP contribution >= 0.6 is 0 Å². The molecule has 0 aliphatic carbocycles. The highest BCUT2D eigenvalue weighted by Crippen LogP contribution is 2.19. The molecule has 3 aromatic rings. The number of amides is 1. The van der Waals surface area contributed by atoms with E-state index < -0.39 is 5.91 Å². The molecule has 0 spiro atoms. The Kier molecular flexibility index (Phi) is 3.75. The van der Waals surface area contributed by atoms with Crippen LogP contribution in [-0.2, 0) is 0 Å². The van der Waals surface area contributed by atoms with Gasteiger partial charge in [0, 0.05) is 30.5 Å². The van der Waals surface area contributed by atoms with Gasteiger partial charge in [-0.1, -0.05) is 0 Å². The normalized spacial score (nSPS) is 14.2. The van der Waals surface area contributed by atoms with Crippen molar-refractivity contribution in [2.24, 2.45) is 0 Å². The second-order valence-electron chi connectivity index (χ2n) is 6.10. The van der Waals surface area contributed by atoms with Crippen molar-refractivity contribution in [3.8, 4) is 0 Å². The monoisotopic (exact) mass is 338 g/mol. The Labute approximate surface area is 144 Å². The van der Waals surface area contributed by atoms with E-state index in [1.54, 1.807) is 10.6 Å². The van der Waals surface area contributed by atoms with E-state index >= 15 is 0 Å². The van der Waals surface area contributed by atoms with Crippen molar-refractivity contribution in [2.75, 3.05) is 23.3 Å². The van der Waals surface area contributed by atoms with Gasteiger partial charge >= 0.3 is 0 Å². The lowest BCUT2D eigenvalue weighted by Gasteiger charge is -2.16. The number of fused-ring (bicyclic) bond motifs is 1. The predicted octanol–water partition coefficient (Wildman–Crippen LogP) is 1.38. The number of rotatable bonds is 3. The Balaban J connectivity index is 1.58. The summed E-state index contributed by atoms with van der Waals surface area (Å²) in [5.74, 6) is 1.29. The molecule has 0 radical (unpaired) electrons. The molecule has 1 saturated heterocycles. The zero-order chi connectivity index (χ0) is 17.4. The van der Waals surface area contributed by atoms with Crippen LogP contribution < -0.4 is 10.2 Å². The summed E-state index contributed by atoms with van der Waals surface area (Å²) < 4.78 is 1.55. The molecule has 1 aliphatic rings. The SMILES string of the molecule is Cc1cc(C)n2nc(C(=O)Nc3cc(N4CCCC4)ncn3)nc2n1. The summed E-state index contributed by atoms with van der Waals surface area (Å²) in [5.41, 5.74) is 1.70. The van der Waals surface area contributed by atoms with Gasteiger partial charge in [-0.2, -0.15) is 4.98 Å². The maximum Gasteiger partial charge on any atom is 0.296 e. The first-order valence-electron chi connectivity index (χ1n) is 8.19. The minimum absolute atomic E-state index is 0.0579. The van der Waals surface area contributed by atoms with Gasteiger partial charge in [0.25, 0.3) is 11.7 Å². The van der Waals surface area contributed by atoms with Gasteiger partial charge in [0.05, 0.1) is 0 Å². The number of carbonyl (C=O) groups is 1. The van der Waals surface area contributed by atoms with E-state index in [4.69, 9.17) is 0 Å². The van der Waals surface area contributed by atoms with Gasteiger partial charge < -0.3 is 10.2 Å². The van der Waals surface area contributed by atoms with Gasteiger partial charge in [0.2, 0.25) is 5.82 Å². The van der Waals surface area contributed by atoms with Crippen LogP contribution in [-0.4, -0.2) is 48.5 Å². The highest BCUT2D eigenvalue weighted by Gasteiger charge is 2.18. The molecule has 0 aromatic carbocycles. The summed E-state index contributed by atoms with van der Waals surface area (Å²) in [6, 6.07) is 3.66. The fourth-order valence-electron chi connectivity index (χ4n) is 2.97.